The van der Waals surface area contributed by atoms with E-state index >= 15 is 0 Å². The van der Waals surface area contributed by atoms with Crippen molar-refractivity contribution in [1.29, 1.82) is 0 Å². The van der Waals surface area contributed by atoms with Crippen LogP contribution in [-0.2, 0) is 42.9 Å². The average molecular weight is 628 g/mol. The second-order valence-electron chi connectivity index (χ2n) is 10.4. The fraction of sp³-hybridized carbons (Fsp3) is 0.767. The molecule has 0 spiro atoms. The summed E-state index contributed by atoms with van der Waals surface area (Å²) in [6.45, 7) is 6.01. The Morgan fingerprint density at radius 2 is 1.16 bits per heavy atom. The Kier molecular flexibility index (Phi) is 20.4. The zero-order chi connectivity index (χ0) is 32.7. The largest absolute Gasteiger partial charge is 0.480 e. The van der Waals surface area contributed by atoms with E-state index in [0.717, 1.165) is 12.8 Å². The van der Waals surface area contributed by atoms with E-state index in [4.69, 9.17) is 25.4 Å². The predicted molar refractivity (Wildman–Crippen MR) is 158 cm³/mol. The molecule has 250 valence electrons. The SMILES string of the molecule is C#CCOCCOCCOCCOCCC(=O)N1C[C@@H](C(=O)N[C@@H](CCCC)C(=O)O)[C@H](C(=O)N[C@@H](CCCC)C(=O)O)C1. The lowest BCUT2D eigenvalue weighted by atomic mass is 9.93. The van der Waals surface area contributed by atoms with Crippen LogP contribution in [-0.4, -0.2) is 123 Å². The molecule has 44 heavy (non-hydrogen) atoms. The summed E-state index contributed by atoms with van der Waals surface area (Å²) >= 11 is 0. The number of terminal acetylenes is 1. The summed E-state index contributed by atoms with van der Waals surface area (Å²) in [5.74, 6) is -3.77. The van der Waals surface area contributed by atoms with Crippen LogP contribution < -0.4 is 10.6 Å². The van der Waals surface area contributed by atoms with E-state index < -0.39 is 47.7 Å². The summed E-state index contributed by atoms with van der Waals surface area (Å²) in [4.78, 5) is 64.2. The fourth-order valence-corrected chi connectivity index (χ4v) is 4.54. The van der Waals surface area contributed by atoms with Crippen molar-refractivity contribution in [3.8, 4) is 12.3 Å². The second-order valence-corrected chi connectivity index (χ2v) is 10.4. The number of carbonyl (C=O) groups excluding carboxylic acids is 3. The number of hydrogen-bond donors (Lipinski definition) is 4. The standard InChI is InChI=1S/C30H49N3O11/c1-4-7-9-24(29(37)38)31-27(35)22-20-33(21-23(22)28(36)32-25(30(39)40)10-8-5-2)26(34)11-13-42-15-17-44-19-18-43-16-14-41-12-6-3/h3,22-25H,4-5,7-21H2,1-2H3,(H,31,35)(H,32,36)(H,37,38)(H,39,40)/t22-,23-,24+,25+/m1/s1. The number of nitrogens with one attached hydrogen (secondary N) is 2. The van der Waals surface area contributed by atoms with Crippen molar-refractivity contribution in [1.82, 2.24) is 15.5 Å². The van der Waals surface area contributed by atoms with Gasteiger partial charge in [0.05, 0.1) is 64.5 Å². The molecule has 14 nitrogen and oxygen atoms in total. The molecule has 0 unspecified atom stereocenters. The van der Waals surface area contributed by atoms with Gasteiger partial charge in [-0.1, -0.05) is 45.5 Å². The Bertz CT molecular complexity index is 892. The molecular weight excluding hydrogens is 578 g/mol. The van der Waals surface area contributed by atoms with E-state index in [1.807, 2.05) is 13.8 Å². The van der Waals surface area contributed by atoms with Gasteiger partial charge in [-0.3, -0.25) is 14.4 Å². The van der Waals surface area contributed by atoms with E-state index in [-0.39, 0.29) is 58.1 Å². The summed E-state index contributed by atoms with van der Waals surface area (Å²) in [5.41, 5.74) is 0. The average Bonchev–Trinajstić information content (AvgIpc) is 3.45. The highest BCUT2D eigenvalue weighted by molar-refractivity contribution is 5.93. The fourth-order valence-electron chi connectivity index (χ4n) is 4.54. The first-order valence-corrected chi connectivity index (χ1v) is 15.2. The van der Waals surface area contributed by atoms with Gasteiger partial charge in [0.25, 0.3) is 0 Å². The molecule has 1 heterocycles. The molecule has 0 saturated carbocycles. The monoisotopic (exact) mass is 627 g/mol. The zero-order valence-corrected chi connectivity index (χ0v) is 25.9. The topological polar surface area (TPSA) is 190 Å². The van der Waals surface area contributed by atoms with Crippen LogP contribution in [0.4, 0.5) is 0 Å². The van der Waals surface area contributed by atoms with Gasteiger partial charge in [0.15, 0.2) is 0 Å². The molecule has 0 bridgehead atoms. The number of unbranched alkanes of at least 4 members (excludes halogenated alkanes) is 2. The number of aliphatic carboxylic acids is 2. The first-order chi connectivity index (χ1) is 21.2. The maximum Gasteiger partial charge on any atom is 0.326 e. The number of nitrogens with zero attached hydrogens (tertiary/aromatic N) is 1. The van der Waals surface area contributed by atoms with Crippen molar-refractivity contribution >= 4 is 29.7 Å². The molecule has 0 aliphatic carbocycles. The zero-order valence-electron chi connectivity index (χ0n) is 25.9. The number of carboxylic acids is 2. The Morgan fingerprint density at radius 1 is 0.750 bits per heavy atom. The Morgan fingerprint density at radius 3 is 1.55 bits per heavy atom. The van der Waals surface area contributed by atoms with Gasteiger partial charge in [0.1, 0.15) is 18.7 Å². The number of amides is 3. The minimum atomic E-state index is -1.19. The minimum absolute atomic E-state index is 0.00799. The highest BCUT2D eigenvalue weighted by Crippen LogP contribution is 2.26. The van der Waals surface area contributed by atoms with Gasteiger partial charge < -0.3 is 44.7 Å². The summed E-state index contributed by atoms with van der Waals surface area (Å²) < 4.78 is 21.3. The molecule has 0 aromatic rings. The van der Waals surface area contributed by atoms with Crippen LogP contribution in [0.5, 0.6) is 0 Å². The van der Waals surface area contributed by atoms with Crippen LogP contribution in [0.25, 0.3) is 0 Å². The first kappa shape index (κ1) is 38.8. The summed E-state index contributed by atoms with van der Waals surface area (Å²) in [7, 11) is 0. The maximum absolute atomic E-state index is 13.2. The van der Waals surface area contributed by atoms with Crippen molar-refractivity contribution in [2.45, 2.75) is 70.9 Å². The lowest BCUT2D eigenvalue weighted by Crippen LogP contribution is -2.49. The van der Waals surface area contributed by atoms with Gasteiger partial charge in [0.2, 0.25) is 17.7 Å². The van der Waals surface area contributed by atoms with Crippen molar-refractivity contribution < 1.29 is 53.1 Å². The molecular formula is C30H49N3O11. The molecule has 1 aliphatic rings. The first-order valence-electron chi connectivity index (χ1n) is 15.2. The van der Waals surface area contributed by atoms with Crippen molar-refractivity contribution in [3.05, 3.63) is 0 Å². The van der Waals surface area contributed by atoms with Crippen molar-refractivity contribution in [2.24, 2.45) is 11.8 Å². The summed E-state index contributed by atoms with van der Waals surface area (Å²) in [6, 6.07) is -2.27. The third kappa shape index (κ3) is 15.5. The molecule has 0 radical (unpaired) electrons. The van der Waals surface area contributed by atoms with E-state index in [0.29, 0.717) is 45.9 Å². The van der Waals surface area contributed by atoms with E-state index in [9.17, 15) is 34.2 Å². The maximum atomic E-state index is 13.2. The lowest BCUT2D eigenvalue weighted by Gasteiger charge is -2.22. The summed E-state index contributed by atoms with van der Waals surface area (Å²) in [5, 5.41) is 24.1. The molecule has 4 N–H and O–H groups in total. The van der Waals surface area contributed by atoms with Gasteiger partial charge in [-0.25, -0.2) is 9.59 Å². The Hall–Kier alpha value is -3.25. The molecule has 0 aromatic carbocycles. The van der Waals surface area contributed by atoms with E-state index in [2.05, 4.69) is 16.6 Å². The summed E-state index contributed by atoms with van der Waals surface area (Å²) in [6.07, 6.45) is 8.14. The van der Waals surface area contributed by atoms with Crippen LogP contribution in [0.3, 0.4) is 0 Å². The van der Waals surface area contributed by atoms with E-state index in [1.165, 1.54) is 4.90 Å². The Labute approximate surface area is 259 Å². The van der Waals surface area contributed by atoms with Crippen LogP contribution in [0, 0.1) is 24.2 Å². The van der Waals surface area contributed by atoms with Gasteiger partial charge in [-0.05, 0) is 12.8 Å². The minimum Gasteiger partial charge on any atom is -0.480 e. The number of rotatable bonds is 25. The molecule has 1 fully saturated rings. The van der Waals surface area contributed by atoms with Gasteiger partial charge in [-0.15, -0.1) is 6.42 Å². The lowest BCUT2D eigenvalue weighted by molar-refractivity contribution is -0.144. The number of ether oxygens (including phenoxy) is 4. The van der Waals surface area contributed by atoms with Crippen LogP contribution in [0.2, 0.25) is 0 Å². The highest BCUT2D eigenvalue weighted by atomic mass is 16.6. The highest BCUT2D eigenvalue weighted by Gasteiger charge is 2.44. The van der Waals surface area contributed by atoms with Crippen LogP contribution in [0.15, 0.2) is 0 Å². The van der Waals surface area contributed by atoms with Crippen LogP contribution in [0.1, 0.15) is 58.8 Å². The third-order valence-electron chi connectivity index (χ3n) is 7.03. The third-order valence-corrected chi connectivity index (χ3v) is 7.03. The second kappa shape index (κ2) is 23.2. The number of hydrogen-bond acceptors (Lipinski definition) is 9. The number of likely N-dealkylation sites (tertiary alicyclic amines) is 1. The van der Waals surface area contributed by atoms with Crippen molar-refractivity contribution in [3.63, 3.8) is 0 Å². The van der Waals surface area contributed by atoms with Crippen LogP contribution >= 0.6 is 0 Å². The van der Waals surface area contributed by atoms with Gasteiger partial charge in [0, 0.05) is 13.1 Å². The smallest absolute Gasteiger partial charge is 0.326 e. The molecule has 14 heteroatoms. The molecule has 1 rings (SSSR count). The molecule has 0 aromatic heterocycles. The van der Waals surface area contributed by atoms with E-state index in [1.54, 1.807) is 0 Å². The number of carbonyl (C=O) groups is 5. The predicted octanol–water partition coefficient (Wildman–Crippen LogP) is 0.670. The molecule has 4 atom stereocenters. The molecule has 3 amide bonds. The van der Waals surface area contributed by atoms with Gasteiger partial charge >= 0.3 is 11.9 Å². The quantitative estimate of drug-likeness (QED) is 0.0822. The Balaban J connectivity index is 2.66. The molecule has 1 saturated heterocycles. The van der Waals surface area contributed by atoms with Gasteiger partial charge in [-0.2, -0.15) is 0 Å². The molecule has 1 aliphatic heterocycles. The number of carboxylic acid groups (broad SMARTS) is 2. The van der Waals surface area contributed by atoms with Crippen molar-refractivity contribution in [2.75, 3.05) is 65.9 Å². The normalized spacial score (nSPS) is 17.4.